The second-order valence-electron chi connectivity index (χ2n) is 5.93. The minimum absolute atomic E-state index is 0.155. The molecular formula is C17H22N4O. The van der Waals surface area contributed by atoms with Crippen LogP contribution in [0, 0.1) is 6.92 Å². The number of rotatable bonds is 3. The van der Waals surface area contributed by atoms with Gasteiger partial charge in [-0.2, -0.15) is 0 Å². The summed E-state index contributed by atoms with van der Waals surface area (Å²) in [6, 6.07) is 12.2. The van der Waals surface area contributed by atoms with E-state index in [0.717, 1.165) is 24.3 Å². The molecule has 2 aromatic rings. The molecule has 5 nitrogen and oxygen atoms in total. The molecule has 2 heterocycles. The van der Waals surface area contributed by atoms with Crippen molar-refractivity contribution >= 4 is 11.7 Å². The molecule has 2 amide bonds. The topological polar surface area (TPSA) is 49.3 Å². The Morgan fingerprint density at radius 1 is 1.32 bits per heavy atom. The summed E-state index contributed by atoms with van der Waals surface area (Å²) in [7, 11) is 2.10. The van der Waals surface area contributed by atoms with Crippen molar-refractivity contribution in [1.29, 1.82) is 0 Å². The number of anilines is 1. The zero-order valence-electron chi connectivity index (χ0n) is 13.0. The second-order valence-corrected chi connectivity index (χ2v) is 5.93. The van der Waals surface area contributed by atoms with Gasteiger partial charge in [-0.15, -0.1) is 0 Å². The molecule has 0 fully saturated rings. The predicted molar refractivity (Wildman–Crippen MR) is 87.9 cm³/mol. The second kappa shape index (κ2) is 6.23. The van der Waals surface area contributed by atoms with Gasteiger partial charge in [0.1, 0.15) is 0 Å². The van der Waals surface area contributed by atoms with E-state index in [1.165, 1.54) is 5.69 Å². The first-order valence-electron chi connectivity index (χ1n) is 7.57. The van der Waals surface area contributed by atoms with Crippen LogP contribution in [0.4, 0.5) is 10.5 Å². The molecule has 1 aliphatic heterocycles. The van der Waals surface area contributed by atoms with Crippen LogP contribution < -0.4 is 10.6 Å². The summed E-state index contributed by atoms with van der Waals surface area (Å²) in [6.45, 7) is 4.46. The van der Waals surface area contributed by atoms with Gasteiger partial charge in [0.15, 0.2) is 0 Å². The van der Waals surface area contributed by atoms with Crippen LogP contribution in [0.3, 0.4) is 0 Å². The van der Waals surface area contributed by atoms with Crippen molar-refractivity contribution in [1.82, 2.24) is 14.8 Å². The third kappa shape index (κ3) is 3.31. The van der Waals surface area contributed by atoms with Crippen LogP contribution in [-0.2, 0) is 13.1 Å². The molecule has 0 saturated carbocycles. The lowest BCUT2D eigenvalue weighted by Crippen LogP contribution is -2.47. The van der Waals surface area contributed by atoms with Crippen LogP contribution >= 0.6 is 0 Å². The van der Waals surface area contributed by atoms with Crippen molar-refractivity contribution in [3.63, 3.8) is 0 Å². The number of hydrogen-bond acceptors (Lipinski definition) is 2. The molecule has 116 valence electrons. The molecule has 3 rings (SSSR count). The number of carbonyl (C=O) groups is 1. The molecule has 1 atom stereocenters. The zero-order valence-corrected chi connectivity index (χ0v) is 13.0. The number of fused-ring (bicyclic) bond motifs is 1. The highest BCUT2D eigenvalue weighted by atomic mass is 16.2. The maximum absolute atomic E-state index is 12.0. The Bertz CT molecular complexity index is 664. The van der Waals surface area contributed by atoms with Gasteiger partial charge in [-0.1, -0.05) is 12.1 Å². The summed E-state index contributed by atoms with van der Waals surface area (Å²) < 4.78 is 2.25. The fraction of sp³-hybridized carbons (Fsp3) is 0.353. The van der Waals surface area contributed by atoms with Gasteiger partial charge in [0.25, 0.3) is 0 Å². The summed E-state index contributed by atoms with van der Waals surface area (Å²) in [5.74, 6) is 0. The largest absolute Gasteiger partial charge is 0.349 e. The third-order valence-corrected chi connectivity index (χ3v) is 4.14. The fourth-order valence-corrected chi connectivity index (χ4v) is 2.85. The molecule has 0 spiro atoms. The van der Waals surface area contributed by atoms with Gasteiger partial charge >= 0.3 is 6.03 Å². The quantitative estimate of drug-likeness (QED) is 0.914. The Labute approximate surface area is 130 Å². The van der Waals surface area contributed by atoms with Crippen molar-refractivity contribution in [2.45, 2.75) is 26.1 Å². The first-order valence-corrected chi connectivity index (χ1v) is 7.57. The Balaban J connectivity index is 1.53. The number of nitrogens with one attached hydrogen (secondary N) is 2. The van der Waals surface area contributed by atoms with E-state index in [2.05, 4.69) is 45.5 Å². The molecule has 1 unspecified atom stereocenters. The summed E-state index contributed by atoms with van der Waals surface area (Å²) >= 11 is 0. The summed E-state index contributed by atoms with van der Waals surface area (Å²) in [4.78, 5) is 14.3. The van der Waals surface area contributed by atoms with Crippen molar-refractivity contribution in [3.05, 3.63) is 53.9 Å². The smallest absolute Gasteiger partial charge is 0.319 e. The number of carbonyl (C=O) groups excluding carboxylic acids is 1. The number of aryl methyl sites for hydroxylation is 1. The van der Waals surface area contributed by atoms with Crippen molar-refractivity contribution < 1.29 is 4.79 Å². The fourth-order valence-electron chi connectivity index (χ4n) is 2.85. The average Bonchev–Trinajstić information content (AvgIpc) is 2.92. The van der Waals surface area contributed by atoms with Crippen molar-refractivity contribution in [2.75, 3.05) is 18.9 Å². The first kappa shape index (κ1) is 14.7. The Morgan fingerprint density at radius 2 is 2.18 bits per heavy atom. The van der Waals surface area contributed by atoms with Crippen LogP contribution in [0.5, 0.6) is 0 Å². The maximum Gasteiger partial charge on any atom is 0.319 e. The normalized spacial score (nSPS) is 17.8. The predicted octanol–water partition coefficient (Wildman–Crippen LogP) is 2.43. The lowest BCUT2D eigenvalue weighted by atomic mass is 10.2. The number of aromatic nitrogens is 1. The molecule has 22 heavy (non-hydrogen) atoms. The van der Waals surface area contributed by atoms with Crippen molar-refractivity contribution in [2.24, 2.45) is 0 Å². The lowest BCUT2D eigenvalue weighted by Gasteiger charge is -2.34. The number of likely N-dealkylation sites (N-methyl/N-ethyl adjacent to an activating group) is 1. The number of benzene rings is 1. The van der Waals surface area contributed by atoms with E-state index >= 15 is 0 Å². The molecule has 2 N–H and O–H groups in total. The van der Waals surface area contributed by atoms with E-state index in [-0.39, 0.29) is 6.03 Å². The maximum atomic E-state index is 12.0. The van der Waals surface area contributed by atoms with E-state index in [1.54, 1.807) is 0 Å². The highest BCUT2D eigenvalue weighted by Crippen LogP contribution is 2.16. The van der Waals surface area contributed by atoms with Gasteiger partial charge in [-0.3, -0.25) is 4.90 Å². The monoisotopic (exact) mass is 298 g/mol. The minimum atomic E-state index is -0.155. The molecule has 5 heteroatoms. The first-order chi connectivity index (χ1) is 10.6. The van der Waals surface area contributed by atoms with E-state index in [9.17, 15) is 4.79 Å². The van der Waals surface area contributed by atoms with Gasteiger partial charge < -0.3 is 15.2 Å². The Kier molecular flexibility index (Phi) is 4.15. The minimum Gasteiger partial charge on any atom is -0.349 e. The van der Waals surface area contributed by atoms with Crippen LogP contribution in [0.15, 0.2) is 42.6 Å². The molecule has 0 radical (unpaired) electrons. The van der Waals surface area contributed by atoms with E-state index in [4.69, 9.17) is 0 Å². The standard InChI is InChI=1S/C17H22N4O/c1-13-5-3-6-14(9-13)19-17(22)18-10-16-12-21-8-4-7-15(21)11-20(16)2/h3-9,16H,10-12H2,1-2H3,(H2,18,19,22). The SMILES string of the molecule is Cc1cccc(NC(=O)NCC2Cn3cccc3CN2C)c1. The molecule has 1 aromatic heterocycles. The molecule has 0 saturated heterocycles. The zero-order chi connectivity index (χ0) is 15.5. The van der Waals surface area contributed by atoms with E-state index in [1.807, 2.05) is 31.2 Å². The molecule has 0 aliphatic carbocycles. The van der Waals surface area contributed by atoms with Gasteiger partial charge in [-0.25, -0.2) is 4.79 Å². The molecule has 1 aliphatic rings. The van der Waals surface area contributed by atoms with Gasteiger partial charge in [0, 0.05) is 43.3 Å². The van der Waals surface area contributed by atoms with Crippen molar-refractivity contribution in [3.8, 4) is 0 Å². The van der Waals surface area contributed by atoms with Gasteiger partial charge in [-0.05, 0) is 43.8 Å². The summed E-state index contributed by atoms with van der Waals surface area (Å²) in [5.41, 5.74) is 3.27. The van der Waals surface area contributed by atoms with Crippen LogP contribution in [0.2, 0.25) is 0 Å². The third-order valence-electron chi connectivity index (χ3n) is 4.14. The molecular weight excluding hydrogens is 276 g/mol. The molecule has 1 aromatic carbocycles. The number of nitrogens with zero attached hydrogens (tertiary/aromatic N) is 2. The number of urea groups is 1. The summed E-state index contributed by atoms with van der Waals surface area (Å²) in [6.07, 6.45) is 2.10. The van der Waals surface area contributed by atoms with E-state index < -0.39 is 0 Å². The lowest BCUT2D eigenvalue weighted by molar-refractivity contribution is 0.174. The van der Waals surface area contributed by atoms with E-state index in [0.29, 0.717) is 12.6 Å². The highest BCUT2D eigenvalue weighted by molar-refractivity contribution is 5.89. The average molecular weight is 298 g/mol. The van der Waals surface area contributed by atoms with Crippen LogP contribution in [0.25, 0.3) is 0 Å². The summed E-state index contributed by atoms with van der Waals surface area (Å²) in [5, 5.41) is 5.84. The van der Waals surface area contributed by atoms with Crippen LogP contribution in [0.1, 0.15) is 11.3 Å². The van der Waals surface area contributed by atoms with Crippen LogP contribution in [-0.4, -0.2) is 35.1 Å². The molecule has 0 bridgehead atoms. The number of amides is 2. The Morgan fingerprint density at radius 3 is 3.00 bits per heavy atom. The Hall–Kier alpha value is -2.27. The number of hydrogen-bond donors (Lipinski definition) is 2. The van der Waals surface area contributed by atoms with Gasteiger partial charge in [0.2, 0.25) is 0 Å². The highest BCUT2D eigenvalue weighted by Gasteiger charge is 2.22. The van der Waals surface area contributed by atoms with Gasteiger partial charge in [0.05, 0.1) is 0 Å².